The second-order valence-corrected chi connectivity index (χ2v) is 8.14. The maximum absolute atomic E-state index is 13.1. The molecule has 10 heteroatoms. The quantitative estimate of drug-likeness (QED) is 0.488. The van der Waals surface area contributed by atoms with Crippen LogP contribution in [0.15, 0.2) is 57.7 Å². The highest BCUT2D eigenvalue weighted by Crippen LogP contribution is 2.15. The fraction of sp³-hybridized carbons (Fsp3) is 0.333. The second kappa shape index (κ2) is 10.4. The van der Waals surface area contributed by atoms with Crippen molar-refractivity contribution in [2.24, 2.45) is 0 Å². The van der Waals surface area contributed by atoms with E-state index in [-0.39, 0.29) is 11.8 Å². The van der Waals surface area contributed by atoms with Gasteiger partial charge in [-0.15, -0.1) is 5.10 Å². The molecule has 34 heavy (non-hydrogen) atoms. The van der Waals surface area contributed by atoms with Crippen molar-refractivity contribution in [2.75, 3.05) is 32.8 Å². The monoisotopic (exact) mass is 468 g/mol. The molecule has 0 bridgehead atoms. The van der Waals surface area contributed by atoms with Gasteiger partial charge in [0.15, 0.2) is 6.61 Å². The van der Waals surface area contributed by atoms with Crippen LogP contribution in [0.4, 0.5) is 4.39 Å². The first-order chi connectivity index (χ1) is 16.4. The molecule has 1 aliphatic heterocycles. The van der Waals surface area contributed by atoms with E-state index in [1.807, 2.05) is 6.07 Å². The van der Waals surface area contributed by atoms with E-state index < -0.39 is 30.7 Å². The van der Waals surface area contributed by atoms with Crippen LogP contribution in [0.5, 0.6) is 0 Å². The first kappa shape index (κ1) is 23.4. The van der Waals surface area contributed by atoms with Crippen LogP contribution >= 0.6 is 0 Å². The molecular formula is C24H25FN4O5. The number of ether oxygens (including phenoxy) is 1. The van der Waals surface area contributed by atoms with Crippen LogP contribution in [0.2, 0.25) is 0 Å². The third kappa shape index (κ3) is 5.96. The summed E-state index contributed by atoms with van der Waals surface area (Å²) in [6, 6.07) is 13.6. The lowest BCUT2D eigenvalue weighted by Crippen LogP contribution is -2.49. The molecule has 2 heterocycles. The summed E-state index contributed by atoms with van der Waals surface area (Å²) in [7, 11) is 0. The highest BCUT2D eigenvalue weighted by molar-refractivity contribution is 5.80. The summed E-state index contributed by atoms with van der Waals surface area (Å²) in [4.78, 5) is 40.5. The van der Waals surface area contributed by atoms with Gasteiger partial charge in [-0.25, -0.2) is 9.18 Å². The van der Waals surface area contributed by atoms with Gasteiger partial charge in [0.1, 0.15) is 12.4 Å². The van der Waals surface area contributed by atoms with Gasteiger partial charge < -0.3 is 14.1 Å². The SMILES string of the molecule is Cc1cccc(CN2CCN(C(=O)COC(=O)Cn3nc(-c4ccc(F)cc4)oc3=O)CC2)c1. The van der Waals surface area contributed by atoms with Crippen LogP contribution < -0.4 is 5.76 Å². The maximum Gasteiger partial charge on any atom is 0.437 e. The predicted molar refractivity (Wildman–Crippen MR) is 120 cm³/mol. The molecule has 0 N–H and O–H groups in total. The molecule has 178 valence electrons. The molecule has 1 aliphatic rings. The predicted octanol–water partition coefficient (Wildman–Crippen LogP) is 1.84. The van der Waals surface area contributed by atoms with E-state index in [2.05, 4.69) is 35.1 Å². The Kier molecular flexibility index (Phi) is 7.17. The standard InChI is InChI=1S/C24H25FN4O5/c1-17-3-2-4-18(13-17)14-27-9-11-28(12-10-27)21(30)16-33-22(31)15-29-24(32)34-23(26-29)19-5-7-20(25)8-6-19/h2-8,13H,9-12,14-16H2,1H3. The van der Waals surface area contributed by atoms with Gasteiger partial charge >= 0.3 is 11.7 Å². The van der Waals surface area contributed by atoms with Crippen molar-refractivity contribution in [3.63, 3.8) is 0 Å². The van der Waals surface area contributed by atoms with E-state index in [0.29, 0.717) is 18.7 Å². The molecule has 2 aromatic carbocycles. The first-order valence-electron chi connectivity index (χ1n) is 10.9. The van der Waals surface area contributed by atoms with Gasteiger partial charge in [0.2, 0.25) is 5.89 Å². The zero-order valence-electron chi connectivity index (χ0n) is 18.8. The van der Waals surface area contributed by atoms with Gasteiger partial charge in [0.25, 0.3) is 5.91 Å². The van der Waals surface area contributed by atoms with Crippen molar-refractivity contribution < 1.29 is 23.1 Å². The Labute approximate surface area is 195 Å². The number of hydrogen-bond acceptors (Lipinski definition) is 7. The zero-order chi connectivity index (χ0) is 24.1. The Bertz CT molecular complexity index is 1210. The number of rotatable bonds is 7. The summed E-state index contributed by atoms with van der Waals surface area (Å²) < 4.78 is 23.9. The van der Waals surface area contributed by atoms with Gasteiger partial charge in [0, 0.05) is 38.3 Å². The number of piperazine rings is 1. The number of hydrogen-bond donors (Lipinski definition) is 0. The molecule has 1 saturated heterocycles. The number of carbonyl (C=O) groups is 2. The number of aryl methyl sites for hydroxylation is 1. The van der Waals surface area contributed by atoms with E-state index in [9.17, 15) is 18.8 Å². The van der Waals surface area contributed by atoms with Crippen molar-refractivity contribution >= 4 is 11.9 Å². The largest absolute Gasteiger partial charge is 0.454 e. The average molecular weight is 468 g/mol. The molecule has 0 atom stereocenters. The molecule has 0 spiro atoms. The first-order valence-corrected chi connectivity index (χ1v) is 10.9. The number of benzene rings is 2. The number of esters is 1. The minimum atomic E-state index is -0.854. The third-order valence-electron chi connectivity index (χ3n) is 5.55. The Balaban J connectivity index is 1.23. The summed E-state index contributed by atoms with van der Waals surface area (Å²) in [5, 5.41) is 3.93. The molecule has 0 radical (unpaired) electrons. The molecule has 1 fully saturated rings. The van der Waals surface area contributed by atoms with Crippen molar-refractivity contribution in [1.82, 2.24) is 19.6 Å². The number of halogens is 1. The molecule has 0 aliphatic carbocycles. The molecule has 0 saturated carbocycles. The van der Waals surface area contributed by atoms with Crippen LogP contribution in [0.25, 0.3) is 11.5 Å². The van der Waals surface area contributed by atoms with Gasteiger partial charge in [-0.1, -0.05) is 29.8 Å². The highest BCUT2D eigenvalue weighted by Gasteiger charge is 2.22. The molecule has 0 unspecified atom stereocenters. The number of amides is 1. The zero-order valence-corrected chi connectivity index (χ0v) is 18.8. The number of nitrogens with zero attached hydrogens (tertiary/aromatic N) is 4. The van der Waals surface area contributed by atoms with Gasteiger partial charge in [-0.3, -0.25) is 14.5 Å². The summed E-state index contributed by atoms with van der Waals surface area (Å²) in [5.74, 6) is -2.41. The fourth-order valence-electron chi connectivity index (χ4n) is 3.74. The molecule has 1 aromatic heterocycles. The maximum atomic E-state index is 13.1. The van der Waals surface area contributed by atoms with Crippen LogP contribution in [0.3, 0.4) is 0 Å². The van der Waals surface area contributed by atoms with Crippen LogP contribution in [-0.4, -0.2) is 64.2 Å². The minimum Gasteiger partial charge on any atom is -0.454 e. The van der Waals surface area contributed by atoms with Gasteiger partial charge in [-0.05, 0) is 36.8 Å². The van der Waals surface area contributed by atoms with Crippen LogP contribution in [0.1, 0.15) is 11.1 Å². The summed E-state index contributed by atoms with van der Waals surface area (Å²) in [6.07, 6.45) is 0. The molecule has 4 rings (SSSR count). The normalized spacial score (nSPS) is 14.2. The molecule has 3 aromatic rings. The van der Waals surface area contributed by atoms with Crippen molar-refractivity contribution in [3.8, 4) is 11.5 Å². The lowest BCUT2D eigenvalue weighted by Gasteiger charge is -2.34. The summed E-state index contributed by atoms with van der Waals surface area (Å²) in [6.45, 7) is 4.53. The van der Waals surface area contributed by atoms with Crippen LogP contribution in [-0.2, 0) is 27.4 Å². The van der Waals surface area contributed by atoms with Gasteiger partial charge in [-0.2, -0.15) is 4.68 Å². The summed E-state index contributed by atoms with van der Waals surface area (Å²) >= 11 is 0. The van der Waals surface area contributed by atoms with Crippen molar-refractivity contribution in [3.05, 3.63) is 76.0 Å². The highest BCUT2D eigenvalue weighted by atomic mass is 19.1. The van der Waals surface area contributed by atoms with E-state index in [4.69, 9.17) is 9.15 Å². The Hall–Kier alpha value is -3.79. The van der Waals surface area contributed by atoms with E-state index in [0.717, 1.165) is 24.3 Å². The fourth-order valence-corrected chi connectivity index (χ4v) is 3.74. The van der Waals surface area contributed by atoms with E-state index >= 15 is 0 Å². The lowest BCUT2D eigenvalue weighted by atomic mass is 10.1. The third-order valence-corrected chi connectivity index (χ3v) is 5.55. The molecule has 9 nitrogen and oxygen atoms in total. The molecule has 1 amide bonds. The lowest BCUT2D eigenvalue weighted by molar-refractivity contribution is -0.153. The summed E-state index contributed by atoms with van der Waals surface area (Å²) in [5.41, 5.74) is 2.84. The van der Waals surface area contributed by atoms with Crippen molar-refractivity contribution in [1.29, 1.82) is 0 Å². The number of aromatic nitrogens is 2. The van der Waals surface area contributed by atoms with E-state index in [1.54, 1.807) is 4.90 Å². The Morgan fingerprint density at radius 3 is 2.53 bits per heavy atom. The average Bonchev–Trinajstić information content (AvgIpc) is 3.18. The Morgan fingerprint density at radius 1 is 1.09 bits per heavy atom. The smallest absolute Gasteiger partial charge is 0.437 e. The Morgan fingerprint density at radius 2 is 1.82 bits per heavy atom. The second-order valence-electron chi connectivity index (χ2n) is 8.14. The number of carbonyl (C=O) groups excluding carboxylic acids is 2. The van der Waals surface area contributed by atoms with E-state index in [1.165, 1.54) is 35.4 Å². The topological polar surface area (TPSA) is 97.9 Å². The molecular weight excluding hydrogens is 443 g/mol. The minimum absolute atomic E-state index is 0.0441. The van der Waals surface area contributed by atoms with Gasteiger partial charge in [0.05, 0.1) is 0 Å². The van der Waals surface area contributed by atoms with Crippen LogP contribution in [0, 0.1) is 12.7 Å². The van der Waals surface area contributed by atoms with Crippen molar-refractivity contribution in [2.45, 2.75) is 20.0 Å².